The molecule has 1 heterocycles. The minimum Gasteiger partial charge on any atom is -0.497 e. The molecule has 1 aliphatic heterocycles. The SMILES string of the molecule is COc1ccc(CC(C(N)=O)N2CCN(Cc3cccc(OC)c3)CC2=O)cc1. The number of ether oxygens (including phenoxy) is 2. The summed E-state index contributed by atoms with van der Waals surface area (Å²) in [6, 6.07) is 14.6. The van der Waals surface area contributed by atoms with Crippen LogP contribution in [0.5, 0.6) is 11.5 Å². The molecule has 0 bridgehead atoms. The summed E-state index contributed by atoms with van der Waals surface area (Å²) in [7, 11) is 3.24. The predicted molar refractivity (Wildman–Crippen MR) is 110 cm³/mol. The van der Waals surface area contributed by atoms with Crippen LogP contribution >= 0.6 is 0 Å². The van der Waals surface area contributed by atoms with Crippen molar-refractivity contribution in [2.45, 2.75) is 19.0 Å². The number of nitrogens with zero attached hydrogens (tertiary/aromatic N) is 2. The van der Waals surface area contributed by atoms with Gasteiger partial charge in [-0.3, -0.25) is 14.5 Å². The van der Waals surface area contributed by atoms with Crippen molar-refractivity contribution >= 4 is 11.8 Å². The van der Waals surface area contributed by atoms with Crippen LogP contribution in [0.2, 0.25) is 0 Å². The van der Waals surface area contributed by atoms with Crippen LogP contribution in [0.25, 0.3) is 0 Å². The summed E-state index contributed by atoms with van der Waals surface area (Å²) in [6.45, 7) is 2.04. The molecule has 0 aliphatic carbocycles. The van der Waals surface area contributed by atoms with E-state index in [-0.39, 0.29) is 12.5 Å². The van der Waals surface area contributed by atoms with Gasteiger partial charge in [0.25, 0.3) is 0 Å². The van der Waals surface area contributed by atoms with Gasteiger partial charge in [0, 0.05) is 26.1 Å². The third-order valence-electron chi connectivity index (χ3n) is 5.17. The van der Waals surface area contributed by atoms with Crippen LogP contribution in [0, 0.1) is 0 Å². The maximum absolute atomic E-state index is 12.8. The number of amides is 2. The van der Waals surface area contributed by atoms with Crippen LogP contribution in [-0.2, 0) is 22.6 Å². The molecule has 1 fully saturated rings. The van der Waals surface area contributed by atoms with Crippen molar-refractivity contribution in [3.05, 3.63) is 59.7 Å². The van der Waals surface area contributed by atoms with Gasteiger partial charge in [-0.15, -0.1) is 0 Å². The molecular formula is C22H27N3O4. The molecule has 1 saturated heterocycles. The van der Waals surface area contributed by atoms with E-state index in [4.69, 9.17) is 15.2 Å². The van der Waals surface area contributed by atoms with E-state index in [0.29, 0.717) is 26.1 Å². The van der Waals surface area contributed by atoms with E-state index in [1.54, 1.807) is 19.1 Å². The lowest BCUT2D eigenvalue weighted by Gasteiger charge is -2.38. The second kappa shape index (κ2) is 9.43. The summed E-state index contributed by atoms with van der Waals surface area (Å²) in [4.78, 5) is 28.6. The minimum absolute atomic E-state index is 0.0866. The number of benzene rings is 2. The van der Waals surface area contributed by atoms with Gasteiger partial charge in [0.15, 0.2) is 0 Å². The quantitative estimate of drug-likeness (QED) is 0.729. The molecule has 2 amide bonds. The standard InChI is InChI=1S/C22H27N3O4/c1-28-18-8-6-16(7-9-18)13-20(22(23)27)25-11-10-24(15-21(25)26)14-17-4-3-5-19(12-17)29-2/h3-9,12,20H,10-11,13-15H2,1-2H3,(H2,23,27). The van der Waals surface area contributed by atoms with E-state index >= 15 is 0 Å². The van der Waals surface area contributed by atoms with Crippen molar-refractivity contribution in [3.63, 3.8) is 0 Å². The zero-order chi connectivity index (χ0) is 20.8. The summed E-state index contributed by atoms with van der Waals surface area (Å²) in [5.41, 5.74) is 7.65. The van der Waals surface area contributed by atoms with E-state index in [2.05, 4.69) is 4.90 Å². The molecule has 1 atom stereocenters. The van der Waals surface area contributed by atoms with Crippen LogP contribution < -0.4 is 15.2 Å². The Bertz CT molecular complexity index is 853. The summed E-state index contributed by atoms with van der Waals surface area (Å²) in [5, 5.41) is 0. The first-order valence-electron chi connectivity index (χ1n) is 9.57. The molecule has 7 nitrogen and oxygen atoms in total. The molecule has 0 spiro atoms. The summed E-state index contributed by atoms with van der Waals surface area (Å²) < 4.78 is 10.4. The molecule has 0 saturated carbocycles. The molecule has 154 valence electrons. The number of piperazine rings is 1. The average molecular weight is 397 g/mol. The van der Waals surface area contributed by atoms with Crippen LogP contribution in [0.1, 0.15) is 11.1 Å². The fourth-order valence-corrected chi connectivity index (χ4v) is 3.58. The monoisotopic (exact) mass is 397 g/mol. The Morgan fingerprint density at radius 2 is 1.76 bits per heavy atom. The van der Waals surface area contributed by atoms with Crippen molar-refractivity contribution < 1.29 is 19.1 Å². The van der Waals surface area contributed by atoms with Gasteiger partial charge in [0.05, 0.1) is 20.8 Å². The second-order valence-corrected chi connectivity index (χ2v) is 7.12. The van der Waals surface area contributed by atoms with Crippen molar-refractivity contribution in [2.24, 2.45) is 5.73 Å². The number of hydrogen-bond acceptors (Lipinski definition) is 5. The molecule has 3 rings (SSSR count). The molecule has 2 aromatic rings. The van der Waals surface area contributed by atoms with Gasteiger partial charge in [-0.25, -0.2) is 0 Å². The first-order chi connectivity index (χ1) is 14.0. The Hall–Kier alpha value is -3.06. The summed E-state index contributed by atoms with van der Waals surface area (Å²) in [5.74, 6) is 0.958. The smallest absolute Gasteiger partial charge is 0.240 e. The van der Waals surface area contributed by atoms with Gasteiger partial charge in [0.1, 0.15) is 17.5 Å². The molecule has 0 aromatic heterocycles. The Morgan fingerprint density at radius 3 is 2.38 bits per heavy atom. The summed E-state index contributed by atoms with van der Waals surface area (Å²) >= 11 is 0. The number of carbonyl (C=O) groups excluding carboxylic acids is 2. The van der Waals surface area contributed by atoms with E-state index in [0.717, 1.165) is 22.6 Å². The predicted octanol–water partition coefficient (Wildman–Crippen LogP) is 1.44. The van der Waals surface area contributed by atoms with Gasteiger partial charge >= 0.3 is 0 Å². The largest absolute Gasteiger partial charge is 0.497 e. The van der Waals surface area contributed by atoms with Crippen molar-refractivity contribution in [2.75, 3.05) is 33.9 Å². The van der Waals surface area contributed by atoms with Crippen LogP contribution in [-0.4, -0.2) is 61.5 Å². The lowest BCUT2D eigenvalue weighted by atomic mass is 10.0. The molecular weight excluding hydrogens is 370 g/mol. The molecule has 1 aliphatic rings. The Kier molecular flexibility index (Phi) is 6.72. The number of hydrogen-bond donors (Lipinski definition) is 1. The molecule has 29 heavy (non-hydrogen) atoms. The number of carbonyl (C=O) groups is 2. The van der Waals surface area contributed by atoms with Gasteiger partial charge in [-0.1, -0.05) is 24.3 Å². The normalized spacial score (nSPS) is 15.8. The second-order valence-electron chi connectivity index (χ2n) is 7.12. The minimum atomic E-state index is -0.658. The molecule has 1 unspecified atom stereocenters. The number of rotatable bonds is 8. The van der Waals surface area contributed by atoms with Crippen LogP contribution in [0.15, 0.2) is 48.5 Å². The van der Waals surface area contributed by atoms with Crippen molar-refractivity contribution in [3.8, 4) is 11.5 Å². The van der Waals surface area contributed by atoms with E-state index in [1.165, 1.54) is 0 Å². The number of nitrogens with two attached hydrogens (primary N) is 1. The molecule has 7 heteroatoms. The third kappa shape index (κ3) is 5.26. The maximum atomic E-state index is 12.8. The lowest BCUT2D eigenvalue weighted by molar-refractivity contribution is -0.143. The molecule has 0 radical (unpaired) electrons. The van der Waals surface area contributed by atoms with Crippen LogP contribution in [0.3, 0.4) is 0 Å². The highest BCUT2D eigenvalue weighted by Crippen LogP contribution is 2.19. The molecule has 2 aromatic carbocycles. The fourth-order valence-electron chi connectivity index (χ4n) is 3.58. The van der Waals surface area contributed by atoms with E-state index in [1.807, 2.05) is 48.5 Å². The Labute approximate surface area is 171 Å². The third-order valence-corrected chi connectivity index (χ3v) is 5.17. The first kappa shape index (κ1) is 20.7. The number of methoxy groups -OCH3 is 2. The number of primary amides is 1. The van der Waals surface area contributed by atoms with Crippen molar-refractivity contribution in [1.82, 2.24) is 9.80 Å². The van der Waals surface area contributed by atoms with Gasteiger partial charge in [-0.2, -0.15) is 0 Å². The lowest BCUT2D eigenvalue weighted by Crippen LogP contribution is -2.57. The highest BCUT2D eigenvalue weighted by molar-refractivity contribution is 5.88. The highest BCUT2D eigenvalue weighted by atomic mass is 16.5. The molecule has 2 N–H and O–H groups in total. The summed E-state index contributed by atoms with van der Waals surface area (Å²) in [6.07, 6.45) is 0.390. The zero-order valence-corrected chi connectivity index (χ0v) is 16.8. The van der Waals surface area contributed by atoms with E-state index < -0.39 is 11.9 Å². The van der Waals surface area contributed by atoms with E-state index in [9.17, 15) is 9.59 Å². The topological polar surface area (TPSA) is 85.1 Å². The average Bonchev–Trinajstić information content (AvgIpc) is 2.73. The first-order valence-corrected chi connectivity index (χ1v) is 9.57. The van der Waals surface area contributed by atoms with Crippen molar-refractivity contribution in [1.29, 1.82) is 0 Å². The Morgan fingerprint density at radius 1 is 1.03 bits per heavy atom. The van der Waals surface area contributed by atoms with Gasteiger partial charge < -0.3 is 20.1 Å². The van der Waals surface area contributed by atoms with Gasteiger partial charge in [0.2, 0.25) is 11.8 Å². The van der Waals surface area contributed by atoms with Crippen LogP contribution in [0.4, 0.5) is 0 Å². The maximum Gasteiger partial charge on any atom is 0.240 e. The Balaban J connectivity index is 1.64. The zero-order valence-electron chi connectivity index (χ0n) is 16.8. The van der Waals surface area contributed by atoms with Gasteiger partial charge in [-0.05, 0) is 35.4 Å². The fraction of sp³-hybridized carbons (Fsp3) is 0.364. The highest BCUT2D eigenvalue weighted by Gasteiger charge is 2.32.